The van der Waals surface area contributed by atoms with Crippen molar-refractivity contribution < 1.29 is 13.6 Å². The first-order valence-corrected chi connectivity index (χ1v) is 6.67. The Kier molecular flexibility index (Phi) is 3.74. The maximum atomic E-state index is 13.5. The van der Waals surface area contributed by atoms with Crippen LogP contribution in [0.5, 0.6) is 0 Å². The highest BCUT2D eigenvalue weighted by Crippen LogP contribution is 2.14. The van der Waals surface area contributed by atoms with E-state index in [1.807, 2.05) is 30.3 Å². The van der Waals surface area contributed by atoms with Gasteiger partial charge in [0.05, 0.1) is 16.8 Å². The van der Waals surface area contributed by atoms with E-state index in [4.69, 9.17) is 0 Å². The SMILES string of the molecule is O=C(C=Cc1ccc2ccccc2n1)c1ccc(F)cc1F. The molecule has 4 heteroatoms. The second kappa shape index (κ2) is 5.85. The molecule has 0 aliphatic rings. The molecule has 0 saturated heterocycles. The Labute approximate surface area is 125 Å². The van der Waals surface area contributed by atoms with Crippen LogP contribution < -0.4 is 0 Å². The van der Waals surface area contributed by atoms with Crippen molar-refractivity contribution in [1.29, 1.82) is 0 Å². The molecular weight excluding hydrogens is 284 g/mol. The molecule has 0 unspecified atom stereocenters. The summed E-state index contributed by atoms with van der Waals surface area (Å²) in [7, 11) is 0. The molecule has 3 rings (SSSR count). The number of hydrogen-bond donors (Lipinski definition) is 0. The number of nitrogens with zero attached hydrogens (tertiary/aromatic N) is 1. The number of para-hydroxylation sites is 1. The van der Waals surface area contributed by atoms with Gasteiger partial charge < -0.3 is 0 Å². The first kappa shape index (κ1) is 14.1. The van der Waals surface area contributed by atoms with Crippen molar-refractivity contribution in [3.63, 3.8) is 0 Å². The quantitative estimate of drug-likeness (QED) is 0.529. The Bertz CT molecular complexity index is 887. The maximum Gasteiger partial charge on any atom is 0.188 e. The number of carbonyl (C=O) groups is 1. The van der Waals surface area contributed by atoms with Crippen LogP contribution in [0, 0.1) is 11.6 Å². The number of allylic oxidation sites excluding steroid dienone is 1. The van der Waals surface area contributed by atoms with E-state index in [0.29, 0.717) is 11.8 Å². The third-order valence-corrected chi connectivity index (χ3v) is 3.22. The van der Waals surface area contributed by atoms with Gasteiger partial charge in [0.25, 0.3) is 0 Å². The molecule has 2 aromatic carbocycles. The third kappa shape index (κ3) is 2.91. The molecule has 0 aliphatic carbocycles. The van der Waals surface area contributed by atoms with Crippen LogP contribution in [0.3, 0.4) is 0 Å². The number of rotatable bonds is 3. The fourth-order valence-electron chi connectivity index (χ4n) is 2.11. The lowest BCUT2D eigenvalue weighted by atomic mass is 10.1. The summed E-state index contributed by atoms with van der Waals surface area (Å²) < 4.78 is 26.4. The number of halogens is 2. The molecular formula is C18H11F2NO. The van der Waals surface area contributed by atoms with Gasteiger partial charge in [0.2, 0.25) is 0 Å². The first-order valence-electron chi connectivity index (χ1n) is 6.67. The van der Waals surface area contributed by atoms with Crippen LogP contribution in [-0.2, 0) is 0 Å². The summed E-state index contributed by atoms with van der Waals surface area (Å²) in [6.07, 6.45) is 2.74. The molecule has 0 bridgehead atoms. The molecule has 1 aromatic heterocycles. The van der Waals surface area contributed by atoms with Crippen molar-refractivity contribution in [1.82, 2.24) is 4.98 Å². The summed E-state index contributed by atoms with van der Waals surface area (Å²) in [5.41, 5.74) is 1.23. The van der Waals surface area contributed by atoms with E-state index >= 15 is 0 Å². The number of benzene rings is 2. The zero-order chi connectivity index (χ0) is 15.5. The van der Waals surface area contributed by atoms with Gasteiger partial charge in [0.1, 0.15) is 11.6 Å². The smallest absolute Gasteiger partial charge is 0.188 e. The molecule has 2 nitrogen and oxygen atoms in total. The lowest BCUT2D eigenvalue weighted by Crippen LogP contribution is -1.99. The highest BCUT2D eigenvalue weighted by Gasteiger charge is 2.09. The van der Waals surface area contributed by atoms with Gasteiger partial charge >= 0.3 is 0 Å². The number of aromatic nitrogens is 1. The number of hydrogen-bond acceptors (Lipinski definition) is 2. The Morgan fingerprint density at radius 1 is 1.00 bits per heavy atom. The molecule has 1 heterocycles. The van der Waals surface area contributed by atoms with Gasteiger partial charge in [-0.15, -0.1) is 0 Å². The molecule has 0 N–H and O–H groups in total. The number of carbonyl (C=O) groups excluding carboxylic acids is 1. The van der Waals surface area contributed by atoms with Gasteiger partial charge in [0, 0.05) is 11.5 Å². The minimum atomic E-state index is -0.874. The van der Waals surface area contributed by atoms with Crippen LogP contribution >= 0.6 is 0 Å². The normalized spacial score (nSPS) is 11.2. The fourth-order valence-corrected chi connectivity index (χ4v) is 2.11. The van der Waals surface area contributed by atoms with Crippen molar-refractivity contribution in [3.8, 4) is 0 Å². The monoisotopic (exact) mass is 295 g/mol. The number of pyridine rings is 1. The van der Waals surface area contributed by atoms with Gasteiger partial charge in [0.15, 0.2) is 5.78 Å². The van der Waals surface area contributed by atoms with Crippen molar-refractivity contribution in [2.45, 2.75) is 0 Å². The van der Waals surface area contributed by atoms with E-state index in [9.17, 15) is 13.6 Å². The summed E-state index contributed by atoms with van der Waals surface area (Å²) in [5, 5.41) is 0.996. The summed E-state index contributed by atoms with van der Waals surface area (Å²) >= 11 is 0. The number of fused-ring (bicyclic) bond motifs is 1. The zero-order valence-corrected chi connectivity index (χ0v) is 11.5. The first-order chi connectivity index (χ1) is 10.6. The van der Waals surface area contributed by atoms with Crippen LogP contribution in [0.25, 0.3) is 17.0 Å². The predicted octanol–water partition coefficient (Wildman–Crippen LogP) is 4.41. The van der Waals surface area contributed by atoms with Crippen LogP contribution in [0.1, 0.15) is 16.1 Å². The van der Waals surface area contributed by atoms with Gasteiger partial charge in [-0.25, -0.2) is 13.8 Å². The van der Waals surface area contributed by atoms with Gasteiger partial charge in [-0.05, 0) is 36.4 Å². The minimum Gasteiger partial charge on any atom is -0.289 e. The van der Waals surface area contributed by atoms with Crippen molar-refractivity contribution in [3.05, 3.63) is 83.6 Å². The molecule has 0 spiro atoms. The van der Waals surface area contributed by atoms with Crippen molar-refractivity contribution in [2.24, 2.45) is 0 Å². The van der Waals surface area contributed by atoms with Gasteiger partial charge in [-0.2, -0.15) is 0 Å². The largest absolute Gasteiger partial charge is 0.289 e. The van der Waals surface area contributed by atoms with E-state index in [-0.39, 0.29) is 5.56 Å². The number of ketones is 1. The zero-order valence-electron chi connectivity index (χ0n) is 11.5. The second-order valence-corrected chi connectivity index (χ2v) is 4.75. The van der Waals surface area contributed by atoms with Crippen LogP contribution in [-0.4, -0.2) is 10.8 Å². The molecule has 108 valence electrons. The summed E-state index contributed by atoms with van der Waals surface area (Å²) in [6, 6.07) is 14.1. The second-order valence-electron chi connectivity index (χ2n) is 4.75. The van der Waals surface area contributed by atoms with Crippen molar-refractivity contribution in [2.75, 3.05) is 0 Å². The van der Waals surface area contributed by atoms with E-state index in [1.165, 1.54) is 12.2 Å². The van der Waals surface area contributed by atoms with E-state index < -0.39 is 17.4 Å². The molecule has 3 aromatic rings. The van der Waals surface area contributed by atoms with Gasteiger partial charge in [-0.1, -0.05) is 24.3 Å². The molecule has 0 aliphatic heterocycles. The lowest BCUT2D eigenvalue weighted by molar-refractivity contribution is 0.104. The highest BCUT2D eigenvalue weighted by atomic mass is 19.1. The summed E-state index contributed by atoms with van der Waals surface area (Å²) in [4.78, 5) is 16.3. The average molecular weight is 295 g/mol. The van der Waals surface area contributed by atoms with Crippen LogP contribution in [0.15, 0.2) is 60.7 Å². The molecule has 22 heavy (non-hydrogen) atoms. The molecule has 0 amide bonds. The molecule has 0 atom stereocenters. The molecule has 0 fully saturated rings. The predicted molar refractivity (Wildman–Crippen MR) is 81.5 cm³/mol. The Hall–Kier alpha value is -2.88. The Balaban J connectivity index is 1.87. The lowest BCUT2D eigenvalue weighted by Gasteiger charge is -2.00. The summed E-state index contributed by atoms with van der Waals surface area (Å²) in [5.74, 6) is -2.12. The summed E-state index contributed by atoms with van der Waals surface area (Å²) in [6.45, 7) is 0. The Morgan fingerprint density at radius 2 is 1.82 bits per heavy atom. The maximum absolute atomic E-state index is 13.5. The third-order valence-electron chi connectivity index (χ3n) is 3.22. The fraction of sp³-hybridized carbons (Fsp3) is 0. The Morgan fingerprint density at radius 3 is 2.64 bits per heavy atom. The van der Waals surface area contributed by atoms with E-state index in [1.54, 1.807) is 6.07 Å². The van der Waals surface area contributed by atoms with Crippen molar-refractivity contribution >= 4 is 22.8 Å². The van der Waals surface area contributed by atoms with Crippen LogP contribution in [0.4, 0.5) is 8.78 Å². The van der Waals surface area contributed by atoms with Gasteiger partial charge in [-0.3, -0.25) is 4.79 Å². The minimum absolute atomic E-state index is 0.168. The standard InChI is InChI=1S/C18H11F2NO/c19-13-6-9-15(16(20)11-13)18(22)10-8-14-7-5-12-3-1-2-4-17(12)21-14/h1-11H. The average Bonchev–Trinajstić information content (AvgIpc) is 2.52. The highest BCUT2D eigenvalue weighted by molar-refractivity contribution is 6.06. The van der Waals surface area contributed by atoms with E-state index in [0.717, 1.165) is 23.0 Å². The van der Waals surface area contributed by atoms with Crippen LogP contribution in [0.2, 0.25) is 0 Å². The topological polar surface area (TPSA) is 30.0 Å². The molecule has 0 saturated carbocycles. The molecule has 0 radical (unpaired) electrons. The van der Waals surface area contributed by atoms with E-state index in [2.05, 4.69) is 4.98 Å².